The zero-order chi connectivity index (χ0) is 16.1. The molecule has 0 aromatic heterocycles. The maximum Gasteiger partial charge on any atom is 0.128 e. The second-order valence-electron chi connectivity index (χ2n) is 5.03. The van der Waals surface area contributed by atoms with Gasteiger partial charge in [0.2, 0.25) is 0 Å². The summed E-state index contributed by atoms with van der Waals surface area (Å²) in [7, 11) is 1.62. The lowest BCUT2D eigenvalue weighted by Gasteiger charge is -2.22. The lowest BCUT2D eigenvalue weighted by atomic mass is 10.0. The van der Waals surface area contributed by atoms with E-state index in [1.807, 2.05) is 42.5 Å². The molecule has 0 amide bonds. The van der Waals surface area contributed by atoms with Gasteiger partial charge in [0.05, 0.1) is 13.2 Å². The number of halogens is 2. The van der Waals surface area contributed by atoms with Crippen molar-refractivity contribution in [2.75, 3.05) is 7.11 Å². The van der Waals surface area contributed by atoms with Gasteiger partial charge in [-0.25, -0.2) is 0 Å². The largest absolute Gasteiger partial charge is 0.497 e. The molecule has 0 aliphatic heterocycles. The van der Waals surface area contributed by atoms with Gasteiger partial charge in [0.15, 0.2) is 0 Å². The third kappa shape index (κ3) is 4.73. The first-order chi connectivity index (χ1) is 10.5. The Kier molecular flexibility index (Phi) is 6.29. The first kappa shape index (κ1) is 17.3. The Labute approximate surface area is 147 Å². The fourth-order valence-corrected chi connectivity index (χ4v) is 2.71. The van der Waals surface area contributed by atoms with Gasteiger partial charge in [-0.15, -0.1) is 0 Å². The van der Waals surface area contributed by atoms with Gasteiger partial charge >= 0.3 is 0 Å². The maximum atomic E-state index is 9.99. The SMILES string of the molecule is COc1ccc(OC(Cc2ccc(Br)c(Br)c2)C(C)O)cc1. The van der Waals surface area contributed by atoms with E-state index >= 15 is 0 Å². The average molecular weight is 430 g/mol. The summed E-state index contributed by atoms with van der Waals surface area (Å²) in [6.45, 7) is 1.74. The highest BCUT2D eigenvalue weighted by atomic mass is 79.9. The van der Waals surface area contributed by atoms with Crippen molar-refractivity contribution in [2.45, 2.75) is 25.6 Å². The summed E-state index contributed by atoms with van der Waals surface area (Å²) >= 11 is 6.94. The molecular formula is C17H18Br2O3. The number of methoxy groups -OCH3 is 1. The Morgan fingerprint density at radius 2 is 1.64 bits per heavy atom. The van der Waals surface area contributed by atoms with Gasteiger partial charge in [-0.1, -0.05) is 6.07 Å². The first-order valence-corrected chi connectivity index (χ1v) is 8.51. The molecular weight excluding hydrogens is 412 g/mol. The van der Waals surface area contributed by atoms with Crippen molar-refractivity contribution >= 4 is 31.9 Å². The van der Waals surface area contributed by atoms with E-state index in [1.165, 1.54) is 0 Å². The second-order valence-corrected chi connectivity index (χ2v) is 6.73. The summed E-state index contributed by atoms with van der Waals surface area (Å²) in [5.41, 5.74) is 1.09. The third-order valence-corrected chi connectivity index (χ3v) is 5.19. The van der Waals surface area contributed by atoms with E-state index in [0.717, 1.165) is 20.3 Å². The molecule has 0 spiro atoms. The van der Waals surface area contributed by atoms with Crippen LogP contribution in [0.3, 0.4) is 0 Å². The third-order valence-electron chi connectivity index (χ3n) is 3.31. The molecule has 1 N–H and O–H groups in total. The van der Waals surface area contributed by atoms with Gasteiger partial charge in [0.1, 0.15) is 17.6 Å². The van der Waals surface area contributed by atoms with E-state index in [4.69, 9.17) is 9.47 Å². The van der Waals surface area contributed by atoms with E-state index in [9.17, 15) is 5.11 Å². The van der Waals surface area contributed by atoms with Crippen LogP contribution in [0.5, 0.6) is 11.5 Å². The van der Waals surface area contributed by atoms with E-state index in [-0.39, 0.29) is 6.10 Å². The molecule has 5 heteroatoms. The molecule has 0 aliphatic rings. The van der Waals surface area contributed by atoms with E-state index in [0.29, 0.717) is 12.2 Å². The Balaban J connectivity index is 2.10. The van der Waals surface area contributed by atoms with Gasteiger partial charge in [-0.05, 0) is 80.7 Å². The van der Waals surface area contributed by atoms with Crippen LogP contribution in [0, 0.1) is 0 Å². The minimum atomic E-state index is -0.579. The molecule has 0 radical (unpaired) electrons. The Hall–Kier alpha value is -1.04. The summed E-state index contributed by atoms with van der Waals surface area (Å²) in [4.78, 5) is 0. The standard InChI is InChI=1S/C17H18Br2O3/c1-11(20)17(10-12-3-8-15(18)16(19)9-12)22-14-6-4-13(21-2)5-7-14/h3-9,11,17,20H,10H2,1-2H3. The lowest BCUT2D eigenvalue weighted by molar-refractivity contribution is 0.0489. The quantitative estimate of drug-likeness (QED) is 0.729. The predicted octanol–water partition coefficient (Wildman–Crippen LogP) is 4.59. The van der Waals surface area contributed by atoms with Crippen LogP contribution in [0.15, 0.2) is 51.4 Å². The highest BCUT2D eigenvalue weighted by molar-refractivity contribution is 9.13. The molecule has 0 aliphatic carbocycles. The van der Waals surface area contributed by atoms with Crippen LogP contribution in [0.2, 0.25) is 0 Å². The lowest BCUT2D eigenvalue weighted by Crippen LogP contribution is -2.31. The van der Waals surface area contributed by atoms with E-state index in [2.05, 4.69) is 31.9 Å². The summed E-state index contributed by atoms with van der Waals surface area (Å²) in [6.07, 6.45) is -0.277. The molecule has 0 fully saturated rings. The second kappa shape index (κ2) is 7.99. The Bertz CT molecular complexity index is 612. The predicted molar refractivity (Wildman–Crippen MR) is 94.6 cm³/mol. The molecule has 2 unspecified atom stereocenters. The summed E-state index contributed by atoms with van der Waals surface area (Å²) < 4.78 is 13.0. The number of aliphatic hydroxyl groups excluding tert-OH is 1. The van der Waals surface area contributed by atoms with Crippen molar-refractivity contribution in [3.05, 3.63) is 57.0 Å². The molecule has 118 valence electrons. The Morgan fingerprint density at radius 1 is 1.00 bits per heavy atom. The molecule has 0 bridgehead atoms. The smallest absolute Gasteiger partial charge is 0.128 e. The summed E-state index contributed by atoms with van der Waals surface area (Å²) in [5, 5.41) is 9.99. The van der Waals surface area contributed by atoms with Crippen LogP contribution in [0.25, 0.3) is 0 Å². The van der Waals surface area contributed by atoms with Crippen molar-refractivity contribution in [3.63, 3.8) is 0 Å². The highest BCUT2D eigenvalue weighted by Gasteiger charge is 2.18. The number of rotatable bonds is 6. The fraction of sp³-hybridized carbons (Fsp3) is 0.294. The maximum absolute atomic E-state index is 9.99. The number of benzene rings is 2. The van der Waals surface area contributed by atoms with Gasteiger partial charge in [0.25, 0.3) is 0 Å². The van der Waals surface area contributed by atoms with Crippen molar-refractivity contribution < 1.29 is 14.6 Å². The fourth-order valence-electron chi connectivity index (χ4n) is 2.04. The number of aliphatic hydroxyl groups is 1. The van der Waals surface area contributed by atoms with Crippen molar-refractivity contribution in [2.24, 2.45) is 0 Å². The van der Waals surface area contributed by atoms with Crippen LogP contribution in [0.4, 0.5) is 0 Å². The van der Waals surface area contributed by atoms with Gasteiger partial charge in [-0.2, -0.15) is 0 Å². The molecule has 0 saturated heterocycles. The molecule has 2 rings (SSSR count). The number of hydrogen-bond donors (Lipinski definition) is 1. The molecule has 2 aromatic rings. The van der Waals surface area contributed by atoms with Gasteiger partial charge < -0.3 is 14.6 Å². The van der Waals surface area contributed by atoms with Crippen LogP contribution >= 0.6 is 31.9 Å². The van der Waals surface area contributed by atoms with Crippen molar-refractivity contribution in [3.8, 4) is 11.5 Å². The monoisotopic (exact) mass is 428 g/mol. The normalized spacial score (nSPS) is 13.5. The molecule has 2 atom stereocenters. The van der Waals surface area contributed by atoms with Crippen LogP contribution in [0.1, 0.15) is 12.5 Å². The zero-order valence-electron chi connectivity index (χ0n) is 12.4. The molecule has 22 heavy (non-hydrogen) atoms. The molecule has 0 heterocycles. The minimum Gasteiger partial charge on any atom is -0.497 e. The van der Waals surface area contributed by atoms with Crippen LogP contribution in [-0.2, 0) is 6.42 Å². The van der Waals surface area contributed by atoms with Gasteiger partial charge in [0, 0.05) is 15.4 Å². The topological polar surface area (TPSA) is 38.7 Å². The van der Waals surface area contributed by atoms with Gasteiger partial charge in [-0.3, -0.25) is 0 Å². The minimum absolute atomic E-state index is 0.318. The van der Waals surface area contributed by atoms with E-state index in [1.54, 1.807) is 14.0 Å². The summed E-state index contributed by atoms with van der Waals surface area (Å²) in [6, 6.07) is 13.4. The number of hydrogen-bond acceptors (Lipinski definition) is 3. The van der Waals surface area contributed by atoms with Crippen molar-refractivity contribution in [1.29, 1.82) is 0 Å². The highest BCUT2D eigenvalue weighted by Crippen LogP contribution is 2.26. The Morgan fingerprint density at radius 3 is 2.18 bits per heavy atom. The van der Waals surface area contributed by atoms with Crippen LogP contribution < -0.4 is 9.47 Å². The molecule has 3 nitrogen and oxygen atoms in total. The first-order valence-electron chi connectivity index (χ1n) is 6.92. The average Bonchev–Trinajstić information content (AvgIpc) is 2.51. The number of ether oxygens (including phenoxy) is 2. The summed E-state index contributed by atoms with van der Waals surface area (Å²) in [5.74, 6) is 1.49. The van der Waals surface area contributed by atoms with Crippen LogP contribution in [-0.4, -0.2) is 24.4 Å². The zero-order valence-corrected chi connectivity index (χ0v) is 15.6. The molecule has 2 aromatic carbocycles. The molecule has 0 saturated carbocycles. The van der Waals surface area contributed by atoms with E-state index < -0.39 is 6.10 Å². The van der Waals surface area contributed by atoms with Crippen molar-refractivity contribution in [1.82, 2.24) is 0 Å².